The number of rotatable bonds is 2. The van der Waals surface area contributed by atoms with Crippen molar-refractivity contribution in [3.05, 3.63) is 28.2 Å². The first kappa shape index (κ1) is 12.5. The summed E-state index contributed by atoms with van der Waals surface area (Å²) in [5.74, 6) is 0.232. The molecule has 1 N–H and O–H groups in total. The Bertz CT molecular complexity index is 411. The van der Waals surface area contributed by atoms with Crippen molar-refractivity contribution in [3.63, 3.8) is 0 Å². The van der Waals surface area contributed by atoms with Gasteiger partial charge in [0.25, 0.3) is 0 Å². The van der Waals surface area contributed by atoms with E-state index in [4.69, 9.17) is 28.5 Å². The SMILES string of the molecule is N#CC1CCC(Nc2cc(Cl)cc(Cl)c2)CC1. The van der Waals surface area contributed by atoms with Gasteiger partial charge in [-0.05, 0) is 43.9 Å². The van der Waals surface area contributed by atoms with Gasteiger partial charge in [-0.15, -0.1) is 0 Å². The molecular formula is C13H14Cl2N2. The van der Waals surface area contributed by atoms with Crippen LogP contribution in [0.5, 0.6) is 0 Å². The maximum Gasteiger partial charge on any atom is 0.0655 e. The summed E-state index contributed by atoms with van der Waals surface area (Å²) in [6.45, 7) is 0. The second-order valence-electron chi connectivity index (χ2n) is 4.48. The lowest BCUT2D eigenvalue weighted by atomic mass is 9.87. The van der Waals surface area contributed by atoms with Gasteiger partial charge < -0.3 is 5.32 Å². The van der Waals surface area contributed by atoms with Crippen LogP contribution in [-0.4, -0.2) is 6.04 Å². The average molecular weight is 269 g/mol. The molecule has 4 heteroatoms. The number of hydrogen-bond donors (Lipinski definition) is 1. The van der Waals surface area contributed by atoms with E-state index in [9.17, 15) is 0 Å². The molecule has 0 radical (unpaired) electrons. The molecule has 17 heavy (non-hydrogen) atoms. The van der Waals surface area contributed by atoms with Crippen LogP contribution in [0.25, 0.3) is 0 Å². The van der Waals surface area contributed by atoms with Gasteiger partial charge in [0.15, 0.2) is 0 Å². The van der Waals surface area contributed by atoms with Crippen LogP contribution >= 0.6 is 23.2 Å². The molecule has 0 saturated heterocycles. The fourth-order valence-electron chi connectivity index (χ4n) is 2.24. The number of anilines is 1. The van der Waals surface area contributed by atoms with Crippen molar-refractivity contribution in [2.75, 3.05) is 5.32 Å². The van der Waals surface area contributed by atoms with Crippen LogP contribution in [0.4, 0.5) is 5.69 Å². The van der Waals surface area contributed by atoms with E-state index in [1.807, 2.05) is 12.1 Å². The summed E-state index contributed by atoms with van der Waals surface area (Å²) < 4.78 is 0. The second kappa shape index (κ2) is 5.62. The van der Waals surface area contributed by atoms with E-state index >= 15 is 0 Å². The van der Waals surface area contributed by atoms with Gasteiger partial charge in [-0.1, -0.05) is 23.2 Å². The molecule has 0 heterocycles. The highest BCUT2D eigenvalue weighted by Gasteiger charge is 2.20. The Balaban J connectivity index is 1.96. The van der Waals surface area contributed by atoms with E-state index in [0.29, 0.717) is 16.1 Å². The summed E-state index contributed by atoms with van der Waals surface area (Å²) in [7, 11) is 0. The van der Waals surface area contributed by atoms with Crippen LogP contribution in [0, 0.1) is 17.2 Å². The van der Waals surface area contributed by atoms with Gasteiger partial charge in [-0.25, -0.2) is 0 Å². The van der Waals surface area contributed by atoms with E-state index in [2.05, 4.69) is 11.4 Å². The molecule has 0 aromatic heterocycles. The van der Waals surface area contributed by atoms with Gasteiger partial charge in [0.1, 0.15) is 0 Å². The lowest BCUT2D eigenvalue weighted by molar-refractivity contribution is 0.397. The lowest BCUT2D eigenvalue weighted by Crippen LogP contribution is -2.25. The molecular weight excluding hydrogens is 255 g/mol. The molecule has 0 atom stereocenters. The number of nitrogens with zero attached hydrogens (tertiary/aromatic N) is 1. The first-order valence-electron chi connectivity index (χ1n) is 5.79. The Morgan fingerprint density at radius 1 is 1.06 bits per heavy atom. The molecule has 1 aromatic carbocycles. The van der Waals surface area contributed by atoms with E-state index < -0.39 is 0 Å². The zero-order valence-corrected chi connectivity index (χ0v) is 10.9. The first-order chi connectivity index (χ1) is 8.17. The zero-order valence-electron chi connectivity index (χ0n) is 9.42. The van der Waals surface area contributed by atoms with Crippen LogP contribution < -0.4 is 5.32 Å². The highest BCUT2D eigenvalue weighted by molar-refractivity contribution is 6.35. The van der Waals surface area contributed by atoms with E-state index in [1.165, 1.54) is 0 Å². The van der Waals surface area contributed by atoms with E-state index in [0.717, 1.165) is 31.4 Å². The number of halogens is 2. The van der Waals surface area contributed by atoms with Crippen LogP contribution in [0.2, 0.25) is 10.0 Å². The van der Waals surface area contributed by atoms with E-state index in [-0.39, 0.29) is 5.92 Å². The third kappa shape index (κ3) is 3.52. The predicted octanol–water partition coefficient (Wildman–Crippen LogP) is 4.49. The smallest absolute Gasteiger partial charge is 0.0655 e. The van der Waals surface area contributed by atoms with Crippen molar-refractivity contribution < 1.29 is 0 Å². The van der Waals surface area contributed by atoms with Gasteiger partial charge in [0.2, 0.25) is 0 Å². The lowest BCUT2D eigenvalue weighted by Gasteiger charge is -2.26. The molecule has 1 saturated carbocycles. The summed E-state index contributed by atoms with van der Waals surface area (Å²) in [6.07, 6.45) is 4.01. The molecule has 1 fully saturated rings. The standard InChI is InChI=1S/C13H14Cl2N2/c14-10-5-11(15)7-13(6-10)17-12-3-1-9(8-16)2-4-12/h5-7,9,12,17H,1-4H2. The molecule has 1 aliphatic rings. The fraction of sp³-hybridized carbons (Fsp3) is 0.462. The monoisotopic (exact) mass is 268 g/mol. The Morgan fingerprint density at radius 3 is 2.18 bits per heavy atom. The van der Waals surface area contributed by atoms with Crippen molar-refractivity contribution >= 4 is 28.9 Å². The molecule has 2 nitrogen and oxygen atoms in total. The van der Waals surface area contributed by atoms with Gasteiger partial charge in [0.05, 0.1) is 6.07 Å². The molecule has 0 aliphatic heterocycles. The molecule has 90 valence electrons. The highest BCUT2D eigenvalue weighted by Crippen LogP contribution is 2.28. The average Bonchev–Trinajstić information content (AvgIpc) is 2.28. The minimum atomic E-state index is 0.232. The largest absolute Gasteiger partial charge is 0.382 e. The normalized spacial score (nSPS) is 24.1. The first-order valence-corrected chi connectivity index (χ1v) is 6.55. The molecule has 1 aliphatic carbocycles. The van der Waals surface area contributed by atoms with Crippen molar-refractivity contribution in [2.45, 2.75) is 31.7 Å². The predicted molar refractivity (Wildman–Crippen MR) is 71.4 cm³/mol. The topological polar surface area (TPSA) is 35.8 Å². The van der Waals surface area contributed by atoms with Crippen LogP contribution in [0.1, 0.15) is 25.7 Å². The van der Waals surface area contributed by atoms with Crippen molar-refractivity contribution in [1.29, 1.82) is 5.26 Å². The van der Waals surface area contributed by atoms with Gasteiger partial charge >= 0.3 is 0 Å². The molecule has 0 bridgehead atoms. The molecule has 0 unspecified atom stereocenters. The van der Waals surface area contributed by atoms with Gasteiger partial charge in [-0.3, -0.25) is 0 Å². The minimum absolute atomic E-state index is 0.232. The van der Waals surface area contributed by atoms with Crippen LogP contribution in [-0.2, 0) is 0 Å². The Morgan fingerprint density at radius 2 is 1.65 bits per heavy atom. The molecule has 1 aromatic rings. The van der Waals surface area contributed by atoms with Crippen LogP contribution in [0.3, 0.4) is 0 Å². The maximum absolute atomic E-state index is 8.83. The molecule has 0 spiro atoms. The molecule has 2 rings (SSSR count). The van der Waals surface area contributed by atoms with Crippen molar-refractivity contribution in [1.82, 2.24) is 0 Å². The van der Waals surface area contributed by atoms with Crippen LogP contribution in [0.15, 0.2) is 18.2 Å². The van der Waals surface area contributed by atoms with E-state index in [1.54, 1.807) is 6.07 Å². The number of nitriles is 1. The van der Waals surface area contributed by atoms with Crippen molar-refractivity contribution in [2.24, 2.45) is 5.92 Å². The number of nitrogens with one attached hydrogen (secondary N) is 1. The molecule has 0 amide bonds. The summed E-state index contributed by atoms with van der Waals surface area (Å²) in [6, 6.07) is 8.24. The number of benzene rings is 1. The maximum atomic E-state index is 8.83. The van der Waals surface area contributed by atoms with Gasteiger partial charge in [0, 0.05) is 27.7 Å². The Kier molecular flexibility index (Phi) is 4.15. The summed E-state index contributed by atoms with van der Waals surface area (Å²) in [4.78, 5) is 0. The van der Waals surface area contributed by atoms with Gasteiger partial charge in [-0.2, -0.15) is 5.26 Å². The highest BCUT2D eigenvalue weighted by atomic mass is 35.5. The third-order valence-corrected chi connectivity index (χ3v) is 3.58. The number of hydrogen-bond acceptors (Lipinski definition) is 2. The zero-order chi connectivity index (χ0) is 12.3. The summed E-state index contributed by atoms with van der Waals surface area (Å²) in [5.41, 5.74) is 0.961. The third-order valence-electron chi connectivity index (χ3n) is 3.14. The Labute approximate surface area is 112 Å². The summed E-state index contributed by atoms with van der Waals surface area (Å²) >= 11 is 11.9. The minimum Gasteiger partial charge on any atom is -0.382 e. The second-order valence-corrected chi connectivity index (χ2v) is 5.35. The summed E-state index contributed by atoms with van der Waals surface area (Å²) in [5, 5.41) is 13.6. The van der Waals surface area contributed by atoms with Crippen molar-refractivity contribution in [3.8, 4) is 6.07 Å². The Hall–Kier alpha value is -0.910. The quantitative estimate of drug-likeness (QED) is 0.858. The fourth-order valence-corrected chi connectivity index (χ4v) is 2.77.